The lowest BCUT2D eigenvalue weighted by Gasteiger charge is -2.21. The summed E-state index contributed by atoms with van der Waals surface area (Å²) in [5.41, 5.74) is 5.41. The largest absolute Gasteiger partial charge is 0.355 e. The van der Waals surface area contributed by atoms with Gasteiger partial charge < -0.3 is 4.90 Å². The minimum absolute atomic E-state index is 0.882. The Morgan fingerprint density at radius 3 is 2.26 bits per heavy atom. The zero-order chi connectivity index (χ0) is 14.0. The van der Waals surface area contributed by atoms with Gasteiger partial charge in [0.2, 0.25) is 0 Å². The van der Waals surface area contributed by atoms with E-state index in [1.165, 1.54) is 22.3 Å². The first kappa shape index (κ1) is 14.1. The highest BCUT2D eigenvalue weighted by Crippen LogP contribution is 2.21. The van der Waals surface area contributed by atoms with E-state index in [4.69, 9.17) is 0 Å². The molecule has 0 radical (unpaired) electrons. The smallest absolute Gasteiger partial charge is 0.128 e. The summed E-state index contributed by atoms with van der Waals surface area (Å²) >= 11 is 3.41. The summed E-state index contributed by atoms with van der Waals surface area (Å²) in [6, 6.07) is 8.53. The highest BCUT2D eigenvalue weighted by atomic mass is 79.9. The van der Waals surface area contributed by atoms with E-state index in [-0.39, 0.29) is 0 Å². The van der Waals surface area contributed by atoms with E-state index in [0.29, 0.717) is 0 Å². The third-order valence-electron chi connectivity index (χ3n) is 3.34. The number of aromatic nitrogens is 1. The normalized spacial score (nSPS) is 10.6. The highest BCUT2D eigenvalue weighted by molar-refractivity contribution is 9.10. The van der Waals surface area contributed by atoms with E-state index in [1.54, 1.807) is 0 Å². The van der Waals surface area contributed by atoms with Crippen LogP contribution in [0.25, 0.3) is 0 Å². The van der Waals surface area contributed by atoms with Gasteiger partial charge in [0.1, 0.15) is 5.82 Å². The van der Waals surface area contributed by atoms with Crippen molar-refractivity contribution in [3.05, 3.63) is 57.2 Å². The van der Waals surface area contributed by atoms with E-state index in [1.807, 2.05) is 18.3 Å². The standard InChI is InChI=1S/C16H19BrN2/c1-11-7-12(2)15(13(3)8-11)10-19(4)16-6-5-14(17)9-18-16/h5-9H,10H2,1-4H3. The number of hydrogen-bond donors (Lipinski definition) is 0. The predicted molar refractivity (Wildman–Crippen MR) is 84.7 cm³/mol. The Morgan fingerprint density at radius 1 is 1.11 bits per heavy atom. The van der Waals surface area contributed by atoms with Gasteiger partial charge in [-0.05, 0) is 65.5 Å². The first-order chi connectivity index (χ1) is 8.97. The zero-order valence-electron chi connectivity index (χ0n) is 11.9. The van der Waals surface area contributed by atoms with Gasteiger partial charge in [0, 0.05) is 24.3 Å². The van der Waals surface area contributed by atoms with Gasteiger partial charge in [0.25, 0.3) is 0 Å². The predicted octanol–water partition coefficient (Wildman–Crippen LogP) is 4.41. The summed E-state index contributed by atoms with van der Waals surface area (Å²) in [5.74, 6) is 0.988. The van der Waals surface area contributed by atoms with E-state index in [0.717, 1.165) is 16.8 Å². The number of nitrogens with zero attached hydrogens (tertiary/aromatic N) is 2. The van der Waals surface area contributed by atoms with Crippen molar-refractivity contribution in [2.45, 2.75) is 27.3 Å². The van der Waals surface area contributed by atoms with Crippen LogP contribution in [0.3, 0.4) is 0 Å². The lowest BCUT2D eigenvalue weighted by atomic mass is 9.99. The van der Waals surface area contributed by atoms with Crippen molar-refractivity contribution in [2.75, 3.05) is 11.9 Å². The van der Waals surface area contributed by atoms with E-state index in [9.17, 15) is 0 Å². The van der Waals surface area contributed by atoms with Crippen molar-refractivity contribution in [1.82, 2.24) is 4.98 Å². The van der Waals surface area contributed by atoms with Gasteiger partial charge in [0.05, 0.1) is 0 Å². The molecule has 0 N–H and O–H groups in total. The monoisotopic (exact) mass is 318 g/mol. The molecule has 0 amide bonds. The maximum absolute atomic E-state index is 4.43. The van der Waals surface area contributed by atoms with Crippen LogP contribution in [0.15, 0.2) is 34.9 Å². The van der Waals surface area contributed by atoms with E-state index < -0.39 is 0 Å². The van der Waals surface area contributed by atoms with Gasteiger partial charge in [-0.1, -0.05) is 17.7 Å². The Kier molecular flexibility index (Phi) is 4.25. The fraction of sp³-hybridized carbons (Fsp3) is 0.312. The lowest BCUT2D eigenvalue weighted by molar-refractivity contribution is 0.881. The first-order valence-corrected chi connectivity index (χ1v) is 7.16. The molecule has 2 aromatic rings. The molecule has 2 rings (SSSR count). The van der Waals surface area contributed by atoms with Gasteiger partial charge in [-0.2, -0.15) is 0 Å². The maximum Gasteiger partial charge on any atom is 0.128 e. The average Bonchev–Trinajstić information content (AvgIpc) is 2.34. The van der Waals surface area contributed by atoms with Crippen LogP contribution in [-0.4, -0.2) is 12.0 Å². The summed E-state index contributed by atoms with van der Waals surface area (Å²) in [5, 5.41) is 0. The van der Waals surface area contributed by atoms with Gasteiger partial charge in [-0.25, -0.2) is 4.98 Å². The zero-order valence-corrected chi connectivity index (χ0v) is 13.5. The molecule has 0 saturated heterocycles. The van der Waals surface area contributed by atoms with Gasteiger partial charge in [0.15, 0.2) is 0 Å². The van der Waals surface area contributed by atoms with Gasteiger partial charge >= 0.3 is 0 Å². The van der Waals surface area contributed by atoms with Crippen LogP contribution < -0.4 is 4.90 Å². The molecule has 19 heavy (non-hydrogen) atoms. The second kappa shape index (κ2) is 5.74. The number of rotatable bonds is 3. The molecular weight excluding hydrogens is 300 g/mol. The Labute approximate surface area is 123 Å². The van der Waals surface area contributed by atoms with Crippen molar-refractivity contribution in [3.8, 4) is 0 Å². The molecule has 0 spiro atoms. The molecule has 2 nitrogen and oxygen atoms in total. The summed E-state index contributed by atoms with van der Waals surface area (Å²) in [7, 11) is 2.08. The van der Waals surface area contributed by atoms with Crippen LogP contribution in [0, 0.1) is 20.8 Å². The van der Waals surface area contributed by atoms with Crippen LogP contribution in [0.2, 0.25) is 0 Å². The molecular formula is C16H19BrN2. The third kappa shape index (κ3) is 3.35. The van der Waals surface area contributed by atoms with Crippen LogP contribution in [0.4, 0.5) is 5.82 Å². The molecule has 1 aromatic carbocycles. The molecule has 0 fully saturated rings. The number of hydrogen-bond acceptors (Lipinski definition) is 2. The molecule has 0 aliphatic carbocycles. The second-order valence-electron chi connectivity index (χ2n) is 5.07. The van der Waals surface area contributed by atoms with Crippen molar-refractivity contribution in [2.24, 2.45) is 0 Å². The maximum atomic E-state index is 4.43. The van der Waals surface area contributed by atoms with Gasteiger partial charge in [-0.15, -0.1) is 0 Å². The molecule has 0 bridgehead atoms. The van der Waals surface area contributed by atoms with E-state index in [2.05, 4.69) is 65.8 Å². The minimum Gasteiger partial charge on any atom is -0.355 e. The second-order valence-corrected chi connectivity index (χ2v) is 5.98. The van der Waals surface area contributed by atoms with Crippen molar-refractivity contribution in [1.29, 1.82) is 0 Å². The quantitative estimate of drug-likeness (QED) is 0.833. The minimum atomic E-state index is 0.882. The number of aryl methyl sites for hydroxylation is 3. The first-order valence-electron chi connectivity index (χ1n) is 6.37. The molecule has 0 atom stereocenters. The molecule has 1 aromatic heterocycles. The van der Waals surface area contributed by atoms with Crippen molar-refractivity contribution in [3.63, 3.8) is 0 Å². The molecule has 0 aliphatic heterocycles. The van der Waals surface area contributed by atoms with E-state index >= 15 is 0 Å². The van der Waals surface area contributed by atoms with Crippen LogP contribution in [0.5, 0.6) is 0 Å². The molecule has 3 heteroatoms. The molecule has 0 aliphatic rings. The number of anilines is 1. The topological polar surface area (TPSA) is 16.1 Å². The number of pyridine rings is 1. The highest BCUT2D eigenvalue weighted by Gasteiger charge is 2.08. The Morgan fingerprint density at radius 2 is 1.74 bits per heavy atom. The Balaban J connectivity index is 2.24. The van der Waals surface area contributed by atoms with Crippen LogP contribution >= 0.6 is 15.9 Å². The molecule has 0 unspecified atom stereocenters. The molecule has 1 heterocycles. The summed E-state index contributed by atoms with van der Waals surface area (Å²) in [6.45, 7) is 7.38. The van der Waals surface area contributed by atoms with Crippen LogP contribution in [0.1, 0.15) is 22.3 Å². The van der Waals surface area contributed by atoms with Crippen molar-refractivity contribution < 1.29 is 0 Å². The fourth-order valence-electron chi connectivity index (χ4n) is 2.37. The SMILES string of the molecule is Cc1cc(C)c(CN(C)c2ccc(Br)cn2)c(C)c1. The fourth-order valence-corrected chi connectivity index (χ4v) is 2.61. The summed E-state index contributed by atoms with van der Waals surface area (Å²) in [4.78, 5) is 6.61. The Hall–Kier alpha value is -1.35. The summed E-state index contributed by atoms with van der Waals surface area (Å²) < 4.78 is 1.01. The third-order valence-corrected chi connectivity index (χ3v) is 3.81. The Bertz CT molecular complexity index is 553. The van der Waals surface area contributed by atoms with Crippen molar-refractivity contribution >= 4 is 21.7 Å². The number of benzene rings is 1. The van der Waals surface area contributed by atoms with Gasteiger partial charge in [-0.3, -0.25) is 0 Å². The molecule has 0 saturated carbocycles. The average molecular weight is 319 g/mol. The molecule has 100 valence electrons. The van der Waals surface area contributed by atoms with Crippen LogP contribution in [-0.2, 0) is 6.54 Å². The number of halogens is 1. The lowest BCUT2D eigenvalue weighted by Crippen LogP contribution is -2.19. The summed E-state index contributed by atoms with van der Waals surface area (Å²) in [6.07, 6.45) is 1.83.